The van der Waals surface area contributed by atoms with Gasteiger partial charge in [0.05, 0.1) is 13.2 Å². The van der Waals surface area contributed by atoms with Gasteiger partial charge in [-0.2, -0.15) is 0 Å². The molecule has 3 nitrogen and oxygen atoms in total. The van der Waals surface area contributed by atoms with Gasteiger partial charge in [-0.25, -0.2) is 0 Å². The van der Waals surface area contributed by atoms with Crippen LogP contribution in [0.25, 0.3) is 0 Å². The molecule has 2 aliphatic heterocycles. The number of nitrogens with zero attached hydrogens (tertiary/aromatic N) is 2. The van der Waals surface area contributed by atoms with Crippen LogP contribution in [0.2, 0.25) is 0 Å². The summed E-state index contributed by atoms with van der Waals surface area (Å²) in [6.07, 6.45) is 9.09. The summed E-state index contributed by atoms with van der Waals surface area (Å²) in [6, 6.07) is 0. The maximum absolute atomic E-state index is 5.36. The second kappa shape index (κ2) is 4.62. The highest BCUT2D eigenvalue weighted by Crippen LogP contribution is 2.14. The van der Waals surface area contributed by atoms with Crippen LogP contribution in [0.1, 0.15) is 6.92 Å². The average molecular weight is 194 g/mol. The molecule has 0 spiro atoms. The zero-order valence-electron chi connectivity index (χ0n) is 8.72. The van der Waals surface area contributed by atoms with Crippen LogP contribution in [0.4, 0.5) is 0 Å². The first kappa shape index (κ1) is 9.74. The normalized spacial score (nSPS) is 28.4. The first-order chi connectivity index (χ1) is 6.92. The Morgan fingerprint density at radius 3 is 2.79 bits per heavy atom. The molecular formula is C11H18N2O. The molecule has 0 bridgehead atoms. The van der Waals surface area contributed by atoms with Crippen LogP contribution in [0, 0.1) is 0 Å². The fraction of sp³-hybridized carbons (Fsp3) is 0.636. The minimum absolute atomic E-state index is 0.439. The lowest BCUT2D eigenvalue weighted by molar-refractivity contribution is -0.00377. The van der Waals surface area contributed by atoms with Gasteiger partial charge in [0.1, 0.15) is 6.17 Å². The summed E-state index contributed by atoms with van der Waals surface area (Å²) in [5.74, 6) is 0. The molecular weight excluding hydrogens is 176 g/mol. The van der Waals surface area contributed by atoms with E-state index in [-0.39, 0.29) is 0 Å². The zero-order valence-corrected chi connectivity index (χ0v) is 8.72. The second-order valence-corrected chi connectivity index (χ2v) is 3.62. The van der Waals surface area contributed by atoms with Crippen molar-refractivity contribution in [2.45, 2.75) is 13.1 Å². The van der Waals surface area contributed by atoms with Crippen LogP contribution in [0.3, 0.4) is 0 Å². The van der Waals surface area contributed by atoms with Gasteiger partial charge in [0, 0.05) is 25.8 Å². The van der Waals surface area contributed by atoms with Gasteiger partial charge >= 0.3 is 0 Å². The van der Waals surface area contributed by atoms with Gasteiger partial charge < -0.3 is 9.64 Å². The number of morpholine rings is 1. The summed E-state index contributed by atoms with van der Waals surface area (Å²) < 4.78 is 5.36. The quantitative estimate of drug-likeness (QED) is 0.653. The molecule has 14 heavy (non-hydrogen) atoms. The van der Waals surface area contributed by atoms with Crippen molar-refractivity contribution in [2.24, 2.45) is 0 Å². The summed E-state index contributed by atoms with van der Waals surface area (Å²) >= 11 is 0. The number of allylic oxidation sites excluding steroid dienone is 2. The maximum Gasteiger partial charge on any atom is 0.101 e. The number of rotatable bonds is 2. The van der Waals surface area contributed by atoms with Gasteiger partial charge in [0.25, 0.3) is 0 Å². The van der Waals surface area contributed by atoms with E-state index in [1.54, 1.807) is 0 Å². The Kier molecular flexibility index (Phi) is 3.22. The highest BCUT2D eigenvalue weighted by Gasteiger charge is 2.22. The molecule has 0 aliphatic carbocycles. The number of likely N-dealkylation sites (N-methyl/N-ethyl adjacent to an activating group) is 1. The van der Waals surface area contributed by atoms with Crippen LogP contribution in [-0.2, 0) is 4.74 Å². The fourth-order valence-electron chi connectivity index (χ4n) is 1.99. The van der Waals surface area contributed by atoms with Crippen LogP contribution in [0.15, 0.2) is 24.4 Å². The van der Waals surface area contributed by atoms with E-state index in [4.69, 9.17) is 4.74 Å². The highest BCUT2D eigenvalue weighted by molar-refractivity contribution is 5.12. The van der Waals surface area contributed by atoms with E-state index in [9.17, 15) is 0 Å². The van der Waals surface area contributed by atoms with E-state index in [1.165, 1.54) is 0 Å². The zero-order chi connectivity index (χ0) is 9.80. The molecule has 1 fully saturated rings. The van der Waals surface area contributed by atoms with Gasteiger partial charge in [-0.1, -0.05) is 6.08 Å². The molecule has 1 unspecified atom stereocenters. The van der Waals surface area contributed by atoms with E-state index in [1.807, 2.05) is 0 Å². The molecule has 0 N–H and O–H groups in total. The van der Waals surface area contributed by atoms with Crippen LogP contribution in [0.5, 0.6) is 0 Å². The van der Waals surface area contributed by atoms with Crippen molar-refractivity contribution in [2.75, 3.05) is 32.8 Å². The molecule has 2 heterocycles. The summed E-state index contributed by atoms with van der Waals surface area (Å²) in [5, 5.41) is 0. The summed E-state index contributed by atoms with van der Waals surface area (Å²) in [5.41, 5.74) is 0. The summed E-state index contributed by atoms with van der Waals surface area (Å²) in [6.45, 7) is 7.07. The summed E-state index contributed by atoms with van der Waals surface area (Å²) in [7, 11) is 0. The lowest BCUT2D eigenvalue weighted by Crippen LogP contribution is -2.50. The predicted molar refractivity (Wildman–Crippen MR) is 56.8 cm³/mol. The lowest BCUT2D eigenvalue weighted by Gasteiger charge is -2.40. The first-order valence-electron chi connectivity index (χ1n) is 5.34. The Morgan fingerprint density at radius 1 is 1.29 bits per heavy atom. The lowest BCUT2D eigenvalue weighted by atomic mass is 10.2. The van der Waals surface area contributed by atoms with Crippen molar-refractivity contribution in [3.63, 3.8) is 0 Å². The molecule has 1 atom stereocenters. The van der Waals surface area contributed by atoms with Crippen molar-refractivity contribution in [1.29, 1.82) is 0 Å². The van der Waals surface area contributed by atoms with Crippen molar-refractivity contribution >= 4 is 0 Å². The molecule has 0 amide bonds. The van der Waals surface area contributed by atoms with Crippen molar-refractivity contribution in [1.82, 2.24) is 9.80 Å². The molecule has 2 rings (SSSR count). The third-order valence-corrected chi connectivity index (χ3v) is 2.80. The monoisotopic (exact) mass is 194 g/mol. The number of hydrogen-bond acceptors (Lipinski definition) is 3. The number of hydrogen-bond donors (Lipinski definition) is 0. The van der Waals surface area contributed by atoms with Crippen molar-refractivity contribution < 1.29 is 4.74 Å². The highest BCUT2D eigenvalue weighted by atomic mass is 16.5. The maximum atomic E-state index is 5.36. The third kappa shape index (κ3) is 1.99. The standard InChI is InChI=1S/C11H18N2O/c1-2-12-6-4-3-5-11(12)13-7-9-14-10-8-13/h3-6,11H,2,7-10H2,1H3. The molecule has 2 aliphatic rings. The van der Waals surface area contributed by atoms with Crippen LogP contribution >= 0.6 is 0 Å². The van der Waals surface area contributed by atoms with Gasteiger partial charge in [-0.15, -0.1) is 0 Å². The van der Waals surface area contributed by atoms with E-state index in [0.717, 1.165) is 32.8 Å². The number of ether oxygens (including phenoxy) is 1. The Morgan fingerprint density at radius 2 is 2.07 bits per heavy atom. The molecule has 0 aromatic carbocycles. The van der Waals surface area contributed by atoms with Gasteiger partial charge in [0.2, 0.25) is 0 Å². The molecule has 0 aromatic rings. The Bertz CT molecular complexity index is 231. The molecule has 0 aromatic heterocycles. The molecule has 1 saturated heterocycles. The van der Waals surface area contributed by atoms with E-state index < -0.39 is 0 Å². The van der Waals surface area contributed by atoms with E-state index in [2.05, 4.69) is 41.2 Å². The van der Waals surface area contributed by atoms with E-state index in [0.29, 0.717) is 6.17 Å². The van der Waals surface area contributed by atoms with Crippen LogP contribution < -0.4 is 0 Å². The van der Waals surface area contributed by atoms with Gasteiger partial charge in [-0.05, 0) is 19.1 Å². The third-order valence-electron chi connectivity index (χ3n) is 2.80. The Hall–Kier alpha value is -0.800. The smallest absolute Gasteiger partial charge is 0.101 e. The van der Waals surface area contributed by atoms with Gasteiger partial charge in [0.15, 0.2) is 0 Å². The Labute approximate surface area is 85.6 Å². The van der Waals surface area contributed by atoms with Crippen molar-refractivity contribution in [3.8, 4) is 0 Å². The molecule has 0 radical (unpaired) electrons. The first-order valence-corrected chi connectivity index (χ1v) is 5.34. The molecule has 78 valence electrons. The second-order valence-electron chi connectivity index (χ2n) is 3.62. The largest absolute Gasteiger partial charge is 0.379 e. The molecule has 3 heteroatoms. The summed E-state index contributed by atoms with van der Waals surface area (Å²) in [4.78, 5) is 4.82. The SMILES string of the molecule is CCN1C=CC=CC1N1CCOCC1. The fourth-order valence-corrected chi connectivity index (χ4v) is 1.99. The Balaban J connectivity index is 2.00. The van der Waals surface area contributed by atoms with E-state index >= 15 is 0 Å². The topological polar surface area (TPSA) is 15.7 Å². The van der Waals surface area contributed by atoms with Crippen molar-refractivity contribution in [3.05, 3.63) is 24.4 Å². The average Bonchev–Trinajstić information content (AvgIpc) is 2.30. The minimum Gasteiger partial charge on any atom is -0.379 e. The van der Waals surface area contributed by atoms with Crippen LogP contribution in [-0.4, -0.2) is 48.8 Å². The predicted octanol–water partition coefficient (Wildman–Crippen LogP) is 1.05. The minimum atomic E-state index is 0.439. The molecule has 0 saturated carbocycles. The van der Waals surface area contributed by atoms with Gasteiger partial charge in [-0.3, -0.25) is 4.90 Å².